The van der Waals surface area contributed by atoms with Crippen LogP contribution in [0.25, 0.3) is 10.4 Å². The van der Waals surface area contributed by atoms with E-state index in [0.717, 1.165) is 18.6 Å². The molecule has 0 N–H and O–H groups in total. The first kappa shape index (κ1) is 8.97. The van der Waals surface area contributed by atoms with Crippen molar-refractivity contribution >= 4 is 0 Å². The lowest BCUT2D eigenvalue weighted by atomic mass is 10.1. The summed E-state index contributed by atoms with van der Waals surface area (Å²) in [4.78, 5) is 2.67. The first-order chi connectivity index (χ1) is 6.72. The van der Waals surface area contributed by atoms with Crippen molar-refractivity contribution in [2.75, 3.05) is 0 Å². The summed E-state index contributed by atoms with van der Waals surface area (Å²) in [5.74, 6) is -1.65. The lowest BCUT2D eigenvalue weighted by Crippen LogP contribution is -1.89. The van der Waals surface area contributed by atoms with Crippen molar-refractivity contribution in [1.29, 1.82) is 0 Å². The molecule has 2 rings (SSSR count). The van der Waals surface area contributed by atoms with Crippen molar-refractivity contribution in [3.8, 4) is 0 Å². The maximum atomic E-state index is 12.8. The molecule has 0 bridgehead atoms. The summed E-state index contributed by atoms with van der Waals surface area (Å²) < 4.78 is 25.4. The second kappa shape index (κ2) is 3.27. The van der Waals surface area contributed by atoms with Crippen LogP contribution >= 0.6 is 0 Å². The zero-order valence-corrected chi connectivity index (χ0v) is 7.19. The highest BCUT2D eigenvalue weighted by atomic mass is 19.2. The van der Waals surface area contributed by atoms with Crippen molar-refractivity contribution in [2.24, 2.45) is 5.11 Å². The van der Waals surface area contributed by atoms with Gasteiger partial charge in [-0.15, -0.1) is 0 Å². The Morgan fingerprint density at radius 2 is 2.14 bits per heavy atom. The molecule has 0 spiro atoms. The summed E-state index contributed by atoms with van der Waals surface area (Å²) in [6, 6.07) is 3.68. The maximum absolute atomic E-state index is 12.8. The number of azide groups is 1. The van der Waals surface area contributed by atoms with Crippen LogP contribution < -0.4 is 0 Å². The Labute approximate surface area is 79.0 Å². The van der Waals surface area contributed by atoms with Gasteiger partial charge in [-0.25, -0.2) is 8.78 Å². The molecule has 0 amide bonds. The SMILES string of the molecule is [N-]=[N+]=N[C@@H]1C[C@H]1c1ccc(F)c(F)c1. The van der Waals surface area contributed by atoms with Gasteiger partial charge in [0.2, 0.25) is 0 Å². The van der Waals surface area contributed by atoms with E-state index in [9.17, 15) is 8.78 Å². The number of nitrogens with zero attached hydrogens (tertiary/aromatic N) is 3. The molecule has 72 valence electrons. The van der Waals surface area contributed by atoms with E-state index in [0.29, 0.717) is 5.56 Å². The Balaban J connectivity index is 2.19. The van der Waals surface area contributed by atoms with Crippen LogP contribution in [0.1, 0.15) is 17.9 Å². The minimum Gasteiger partial charge on any atom is -0.204 e. The van der Waals surface area contributed by atoms with Crippen molar-refractivity contribution in [3.05, 3.63) is 45.8 Å². The van der Waals surface area contributed by atoms with E-state index in [-0.39, 0.29) is 12.0 Å². The third kappa shape index (κ3) is 1.54. The zero-order chi connectivity index (χ0) is 10.1. The van der Waals surface area contributed by atoms with Gasteiger partial charge >= 0.3 is 0 Å². The highest BCUT2D eigenvalue weighted by molar-refractivity contribution is 5.29. The van der Waals surface area contributed by atoms with Gasteiger partial charge in [0, 0.05) is 11.0 Å². The number of benzene rings is 1. The second-order valence-electron chi connectivity index (χ2n) is 3.29. The average molecular weight is 195 g/mol. The summed E-state index contributed by atoms with van der Waals surface area (Å²) >= 11 is 0. The van der Waals surface area contributed by atoms with Gasteiger partial charge in [0.05, 0.1) is 0 Å². The molecule has 0 radical (unpaired) electrons. The van der Waals surface area contributed by atoms with E-state index in [1.54, 1.807) is 0 Å². The normalized spacial score (nSPS) is 24.1. The minimum absolute atomic E-state index is 0.0565. The third-order valence-electron chi connectivity index (χ3n) is 2.33. The van der Waals surface area contributed by atoms with Gasteiger partial charge in [-0.1, -0.05) is 11.2 Å². The average Bonchev–Trinajstić information content (AvgIpc) is 2.90. The van der Waals surface area contributed by atoms with Crippen LogP contribution in [0, 0.1) is 11.6 Å². The van der Waals surface area contributed by atoms with Gasteiger partial charge in [-0.05, 0) is 35.6 Å². The second-order valence-corrected chi connectivity index (χ2v) is 3.29. The Hall–Kier alpha value is -1.61. The predicted molar refractivity (Wildman–Crippen MR) is 46.7 cm³/mol. The van der Waals surface area contributed by atoms with E-state index in [1.807, 2.05) is 0 Å². The number of halogens is 2. The van der Waals surface area contributed by atoms with E-state index in [1.165, 1.54) is 6.07 Å². The molecular weight excluding hydrogens is 188 g/mol. The summed E-state index contributed by atoms with van der Waals surface area (Å²) in [5, 5.41) is 3.51. The first-order valence-electron chi connectivity index (χ1n) is 4.21. The van der Waals surface area contributed by atoms with E-state index in [2.05, 4.69) is 10.0 Å². The van der Waals surface area contributed by atoms with Gasteiger partial charge in [0.15, 0.2) is 11.6 Å². The molecule has 3 nitrogen and oxygen atoms in total. The van der Waals surface area contributed by atoms with Crippen LogP contribution in [0.4, 0.5) is 8.78 Å². The van der Waals surface area contributed by atoms with E-state index < -0.39 is 11.6 Å². The maximum Gasteiger partial charge on any atom is 0.159 e. The molecule has 0 aliphatic heterocycles. The molecule has 1 saturated carbocycles. The molecule has 1 fully saturated rings. The molecule has 1 aromatic carbocycles. The molecule has 14 heavy (non-hydrogen) atoms. The minimum atomic E-state index is -0.853. The van der Waals surface area contributed by atoms with Crippen LogP contribution in [0.3, 0.4) is 0 Å². The lowest BCUT2D eigenvalue weighted by molar-refractivity contribution is 0.507. The largest absolute Gasteiger partial charge is 0.204 e. The van der Waals surface area contributed by atoms with Crippen LogP contribution in [0.2, 0.25) is 0 Å². The van der Waals surface area contributed by atoms with Crippen molar-refractivity contribution in [1.82, 2.24) is 0 Å². The molecule has 1 aliphatic carbocycles. The Morgan fingerprint density at radius 3 is 2.79 bits per heavy atom. The fourth-order valence-electron chi connectivity index (χ4n) is 1.48. The first-order valence-corrected chi connectivity index (χ1v) is 4.21. The number of hydrogen-bond acceptors (Lipinski definition) is 1. The van der Waals surface area contributed by atoms with Gasteiger partial charge in [-0.3, -0.25) is 0 Å². The highest BCUT2D eigenvalue weighted by Crippen LogP contribution is 2.43. The molecule has 2 atom stereocenters. The fourth-order valence-corrected chi connectivity index (χ4v) is 1.48. The van der Waals surface area contributed by atoms with Crippen molar-refractivity contribution in [3.63, 3.8) is 0 Å². The molecule has 0 saturated heterocycles. The molecule has 0 unspecified atom stereocenters. The van der Waals surface area contributed by atoms with Crippen molar-refractivity contribution in [2.45, 2.75) is 18.4 Å². The van der Waals surface area contributed by atoms with Crippen LogP contribution in [-0.4, -0.2) is 6.04 Å². The van der Waals surface area contributed by atoms with Crippen LogP contribution in [0.5, 0.6) is 0 Å². The van der Waals surface area contributed by atoms with Gasteiger partial charge in [0.1, 0.15) is 0 Å². The molecule has 5 heteroatoms. The van der Waals surface area contributed by atoms with Gasteiger partial charge < -0.3 is 0 Å². The van der Waals surface area contributed by atoms with Crippen LogP contribution in [-0.2, 0) is 0 Å². The highest BCUT2D eigenvalue weighted by Gasteiger charge is 2.37. The zero-order valence-electron chi connectivity index (χ0n) is 7.19. The Morgan fingerprint density at radius 1 is 1.36 bits per heavy atom. The standard InChI is InChI=1S/C9H7F2N3/c10-7-2-1-5(3-8(7)11)6-4-9(6)13-14-12/h1-3,6,9H,4H2/t6-,9+/m0/s1. The van der Waals surface area contributed by atoms with E-state index in [4.69, 9.17) is 5.53 Å². The fraction of sp³-hybridized carbons (Fsp3) is 0.333. The predicted octanol–water partition coefficient (Wildman–Crippen LogP) is 3.13. The topological polar surface area (TPSA) is 48.8 Å². The Bertz CT molecular complexity index is 413. The molecule has 1 aromatic rings. The Kier molecular flexibility index (Phi) is 2.09. The van der Waals surface area contributed by atoms with Crippen molar-refractivity contribution < 1.29 is 8.78 Å². The molecule has 1 aliphatic rings. The molecular formula is C9H7F2N3. The summed E-state index contributed by atoms with van der Waals surface area (Å²) in [7, 11) is 0. The summed E-state index contributed by atoms with van der Waals surface area (Å²) in [6.07, 6.45) is 0.717. The molecule has 0 aromatic heterocycles. The van der Waals surface area contributed by atoms with E-state index >= 15 is 0 Å². The molecule has 0 heterocycles. The number of hydrogen-bond donors (Lipinski definition) is 0. The third-order valence-corrected chi connectivity index (χ3v) is 2.33. The summed E-state index contributed by atoms with van der Waals surface area (Å²) in [5.41, 5.74) is 8.86. The number of rotatable bonds is 2. The lowest BCUT2D eigenvalue weighted by Gasteiger charge is -1.98. The van der Waals surface area contributed by atoms with Gasteiger partial charge in [-0.2, -0.15) is 0 Å². The van der Waals surface area contributed by atoms with Crippen LogP contribution in [0.15, 0.2) is 23.3 Å². The summed E-state index contributed by atoms with van der Waals surface area (Å²) in [6.45, 7) is 0. The quantitative estimate of drug-likeness (QED) is 0.395. The van der Waals surface area contributed by atoms with Gasteiger partial charge in [0.25, 0.3) is 0 Å². The smallest absolute Gasteiger partial charge is 0.159 e. The monoisotopic (exact) mass is 195 g/mol.